The number of benzene rings is 2. The molecule has 24 heavy (non-hydrogen) atoms. The van der Waals surface area contributed by atoms with E-state index in [-0.39, 0.29) is 11.7 Å². The predicted molar refractivity (Wildman–Crippen MR) is 99.5 cm³/mol. The van der Waals surface area contributed by atoms with Crippen LogP contribution in [0.3, 0.4) is 0 Å². The molecule has 2 N–H and O–H groups in total. The lowest BCUT2D eigenvalue weighted by Gasteiger charge is -2.03. The Kier molecular flexibility index (Phi) is 4.71. The fourth-order valence-electron chi connectivity index (χ4n) is 2.37. The Labute approximate surface area is 145 Å². The van der Waals surface area contributed by atoms with E-state index in [0.29, 0.717) is 15.8 Å². The average molecular weight is 338 g/mol. The number of carbonyl (C=O) groups is 1. The standard InChI is InChI=1S/C19H18N2O2S/c1-3-13-7-9-14(10-8-13)11-16-18(23)21-19(24-16)20-17-12(2)5-4-6-15(17)22/h4-11,22H,3H2,1-2H3,(H,20,21,23)/b16-11-. The number of rotatable bonds is 3. The highest BCUT2D eigenvalue weighted by Crippen LogP contribution is 2.33. The number of amidine groups is 1. The van der Waals surface area contributed by atoms with E-state index in [1.165, 1.54) is 17.3 Å². The summed E-state index contributed by atoms with van der Waals surface area (Å²) in [5.74, 6) is -0.0728. The van der Waals surface area contributed by atoms with Gasteiger partial charge in [0.2, 0.25) is 0 Å². The molecule has 0 unspecified atom stereocenters. The first-order valence-corrected chi connectivity index (χ1v) is 8.55. The van der Waals surface area contributed by atoms with Crippen molar-refractivity contribution in [2.24, 2.45) is 4.99 Å². The molecule has 1 fully saturated rings. The molecular weight excluding hydrogens is 320 g/mol. The summed E-state index contributed by atoms with van der Waals surface area (Å²) in [5, 5.41) is 13.1. The first-order chi connectivity index (χ1) is 11.6. The van der Waals surface area contributed by atoms with E-state index in [1.54, 1.807) is 12.1 Å². The normalized spacial score (nSPS) is 17.5. The number of nitrogens with one attached hydrogen (secondary N) is 1. The van der Waals surface area contributed by atoms with Gasteiger partial charge in [-0.15, -0.1) is 0 Å². The van der Waals surface area contributed by atoms with Crippen LogP contribution in [0.15, 0.2) is 52.4 Å². The van der Waals surface area contributed by atoms with Gasteiger partial charge in [-0.05, 0) is 53.9 Å². The number of aromatic hydroxyl groups is 1. The third-order valence-corrected chi connectivity index (χ3v) is 4.68. The quantitative estimate of drug-likeness (QED) is 0.826. The summed E-state index contributed by atoms with van der Waals surface area (Å²) in [4.78, 5) is 17.1. The van der Waals surface area contributed by atoms with E-state index in [2.05, 4.69) is 29.4 Å². The summed E-state index contributed by atoms with van der Waals surface area (Å²) in [7, 11) is 0. The number of hydrogen-bond acceptors (Lipinski definition) is 4. The Balaban J connectivity index is 1.85. The van der Waals surface area contributed by atoms with Gasteiger partial charge in [-0.3, -0.25) is 4.79 Å². The first kappa shape index (κ1) is 16.3. The van der Waals surface area contributed by atoms with Crippen LogP contribution in [0.4, 0.5) is 5.69 Å². The van der Waals surface area contributed by atoms with Crippen molar-refractivity contribution in [2.45, 2.75) is 20.3 Å². The van der Waals surface area contributed by atoms with Gasteiger partial charge in [-0.25, -0.2) is 4.99 Å². The molecule has 5 heteroatoms. The molecule has 2 aromatic carbocycles. The fourth-order valence-corrected chi connectivity index (χ4v) is 3.20. The number of nitrogens with zero attached hydrogens (tertiary/aromatic N) is 1. The maximum atomic E-state index is 12.1. The maximum absolute atomic E-state index is 12.1. The summed E-state index contributed by atoms with van der Waals surface area (Å²) in [6.07, 6.45) is 2.84. The van der Waals surface area contributed by atoms with Gasteiger partial charge in [0.25, 0.3) is 5.91 Å². The Morgan fingerprint density at radius 1 is 1.21 bits per heavy atom. The number of para-hydroxylation sites is 1. The number of thioether (sulfide) groups is 1. The molecular formula is C19H18N2O2S. The largest absolute Gasteiger partial charge is 0.506 e. The van der Waals surface area contributed by atoms with Crippen molar-refractivity contribution in [3.63, 3.8) is 0 Å². The molecule has 0 aliphatic carbocycles. The molecule has 0 radical (unpaired) electrons. The molecule has 4 nitrogen and oxygen atoms in total. The maximum Gasteiger partial charge on any atom is 0.264 e. The lowest BCUT2D eigenvalue weighted by Crippen LogP contribution is -2.19. The number of amides is 1. The Bertz CT molecular complexity index is 819. The van der Waals surface area contributed by atoms with Gasteiger partial charge in [-0.1, -0.05) is 43.3 Å². The van der Waals surface area contributed by atoms with Gasteiger partial charge in [0.05, 0.1) is 4.91 Å². The van der Waals surface area contributed by atoms with Gasteiger partial charge >= 0.3 is 0 Å². The summed E-state index contributed by atoms with van der Waals surface area (Å²) in [6, 6.07) is 13.3. The zero-order valence-electron chi connectivity index (χ0n) is 13.5. The number of phenolic OH excluding ortho intramolecular Hbond substituents is 1. The van der Waals surface area contributed by atoms with Crippen LogP contribution in [-0.4, -0.2) is 16.2 Å². The van der Waals surface area contributed by atoms with Gasteiger partial charge < -0.3 is 10.4 Å². The van der Waals surface area contributed by atoms with Crippen molar-refractivity contribution in [1.82, 2.24) is 5.32 Å². The van der Waals surface area contributed by atoms with E-state index >= 15 is 0 Å². The molecule has 0 aromatic heterocycles. The number of aliphatic imine (C=N–C) groups is 1. The molecule has 1 saturated heterocycles. The lowest BCUT2D eigenvalue weighted by molar-refractivity contribution is -0.115. The Hall–Kier alpha value is -2.53. The lowest BCUT2D eigenvalue weighted by atomic mass is 10.1. The predicted octanol–water partition coefficient (Wildman–Crippen LogP) is 4.15. The van der Waals surface area contributed by atoms with Gasteiger partial charge in [0.1, 0.15) is 11.4 Å². The van der Waals surface area contributed by atoms with Crippen LogP contribution in [0.1, 0.15) is 23.6 Å². The van der Waals surface area contributed by atoms with Crippen molar-refractivity contribution in [2.75, 3.05) is 0 Å². The zero-order valence-corrected chi connectivity index (χ0v) is 14.4. The van der Waals surface area contributed by atoms with Crippen LogP contribution >= 0.6 is 11.8 Å². The molecule has 0 atom stereocenters. The van der Waals surface area contributed by atoms with Crippen molar-refractivity contribution >= 4 is 34.6 Å². The minimum absolute atomic E-state index is 0.102. The van der Waals surface area contributed by atoms with Crippen molar-refractivity contribution in [3.05, 3.63) is 64.1 Å². The van der Waals surface area contributed by atoms with E-state index < -0.39 is 0 Å². The third-order valence-electron chi connectivity index (χ3n) is 3.77. The van der Waals surface area contributed by atoms with Crippen LogP contribution in [0.2, 0.25) is 0 Å². The number of phenols is 1. The minimum atomic E-state index is -0.175. The molecule has 1 aliphatic rings. The Morgan fingerprint density at radius 3 is 2.62 bits per heavy atom. The highest BCUT2D eigenvalue weighted by molar-refractivity contribution is 8.18. The highest BCUT2D eigenvalue weighted by atomic mass is 32.2. The topological polar surface area (TPSA) is 61.7 Å². The van der Waals surface area contributed by atoms with Crippen molar-refractivity contribution in [3.8, 4) is 5.75 Å². The smallest absolute Gasteiger partial charge is 0.264 e. The van der Waals surface area contributed by atoms with Crippen LogP contribution in [0.5, 0.6) is 5.75 Å². The molecule has 122 valence electrons. The Morgan fingerprint density at radius 2 is 1.96 bits per heavy atom. The molecule has 1 amide bonds. The third kappa shape index (κ3) is 3.51. The summed E-state index contributed by atoms with van der Waals surface area (Å²) in [6.45, 7) is 3.98. The van der Waals surface area contributed by atoms with E-state index in [9.17, 15) is 9.90 Å². The second-order valence-electron chi connectivity index (χ2n) is 5.52. The van der Waals surface area contributed by atoms with Crippen molar-refractivity contribution in [1.29, 1.82) is 0 Å². The van der Waals surface area contributed by atoms with Gasteiger partial charge in [0, 0.05) is 0 Å². The number of carbonyl (C=O) groups excluding carboxylic acids is 1. The molecule has 0 saturated carbocycles. The van der Waals surface area contributed by atoms with E-state index in [4.69, 9.17) is 0 Å². The number of hydrogen-bond donors (Lipinski definition) is 2. The van der Waals surface area contributed by atoms with Crippen LogP contribution in [0, 0.1) is 6.92 Å². The summed E-state index contributed by atoms with van der Waals surface area (Å²) in [5.41, 5.74) is 3.57. The van der Waals surface area contributed by atoms with Gasteiger partial charge in [0.15, 0.2) is 5.17 Å². The van der Waals surface area contributed by atoms with E-state index in [0.717, 1.165) is 17.5 Å². The molecule has 0 spiro atoms. The summed E-state index contributed by atoms with van der Waals surface area (Å²) >= 11 is 1.28. The average Bonchev–Trinajstić information content (AvgIpc) is 2.91. The molecule has 3 rings (SSSR count). The SMILES string of the molecule is CCc1ccc(/C=C2\SC(=Nc3c(C)cccc3O)NC2=O)cc1. The van der Waals surface area contributed by atoms with Crippen LogP contribution < -0.4 is 5.32 Å². The second kappa shape index (κ2) is 6.93. The van der Waals surface area contributed by atoms with E-state index in [1.807, 2.05) is 31.2 Å². The minimum Gasteiger partial charge on any atom is -0.506 e. The van der Waals surface area contributed by atoms with Crippen LogP contribution in [0.25, 0.3) is 6.08 Å². The zero-order chi connectivity index (χ0) is 17.1. The van der Waals surface area contributed by atoms with Gasteiger partial charge in [-0.2, -0.15) is 0 Å². The molecule has 1 aliphatic heterocycles. The second-order valence-corrected chi connectivity index (χ2v) is 6.55. The molecule has 1 heterocycles. The van der Waals surface area contributed by atoms with Crippen LogP contribution in [-0.2, 0) is 11.2 Å². The highest BCUT2D eigenvalue weighted by Gasteiger charge is 2.24. The molecule has 2 aromatic rings. The summed E-state index contributed by atoms with van der Waals surface area (Å²) < 4.78 is 0. The number of aryl methyl sites for hydroxylation is 2. The van der Waals surface area contributed by atoms with Crippen molar-refractivity contribution < 1.29 is 9.90 Å². The molecule has 0 bridgehead atoms. The monoisotopic (exact) mass is 338 g/mol. The fraction of sp³-hybridized carbons (Fsp3) is 0.158. The first-order valence-electron chi connectivity index (χ1n) is 7.74.